The molecule has 0 radical (unpaired) electrons. The van der Waals surface area contributed by atoms with E-state index in [1.165, 1.54) is 4.90 Å². The van der Waals surface area contributed by atoms with Gasteiger partial charge in [0, 0.05) is 14.1 Å². The zero-order valence-electron chi connectivity index (χ0n) is 11.6. The quantitative estimate of drug-likeness (QED) is 0.794. The minimum atomic E-state index is -0.653. The third-order valence-electron chi connectivity index (χ3n) is 2.81. The average molecular weight is 263 g/mol. The van der Waals surface area contributed by atoms with Gasteiger partial charge in [0.25, 0.3) is 0 Å². The predicted octanol–water partition coefficient (Wildman–Crippen LogP) is 0.149. The van der Waals surface area contributed by atoms with E-state index < -0.39 is 12.1 Å². The standard InChI is InChI=1S/C14H21N3O2/c1-10(14(19)17(2)3)16-13(18)12(15)9-11-7-5-4-6-8-11/h4-8,10,12H,9,15H2,1-3H3,(H,16,18)/t10?,12-/m1/s1. The van der Waals surface area contributed by atoms with E-state index in [0.29, 0.717) is 6.42 Å². The summed E-state index contributed by atoms with van der Waals surface area (Å²) in [6.07, 6.45) is 0.454. The number of benzene rings is 1. The number of likely N-dealkylation sites (N-methyl/N-ethyl adjacent to an activating group) is 1. The van der Waals surface area contributed by atoms with Gasteiger partial charge in [-0.15, -0.1) is 0 Å². The summed E-state index contributed by atoms with van der Waals surface area (Å²) in [7, 11) is 3.30. The van der Waals surface area contributed by atoms with Crippen molar-refractivity contribution in [2.24, 2.45) is 5.73 Å². The Morgan fingerprint density at radius 2 is 1.84 bits per heavy atom. The van der Waals surface area contributed by atoms with Crippen LogP contribution in [0.25, 0.3) is 0 Å². The van der Waals surface area contributed by atoms with Crippen LogP contribution in [-0.2, 0) is 16.0 Å². The molecule has 3 N–H and O–H groups in total. The van der Waals surface area contributed by atoms with E-state index in [4.69, 9.17) is 5.73 Å². The lowest BCUT2D eigenvalue weighted by Crippen LogP contribution is -2.50. The molecule has 0 aliphatic rings. The second-order valence-electron chi connectivity index (χ2n) is 4.76. The number of nitrogens with zero attached hydrogens (tertiary/aromatic N) is 1. The fourth-order valence-corrected chi connectivity index (χ4v) is 1.73. The Balaban J connectivity index is 2.51. The molecule has 5 heteroatoms. The molecule has 0 saturated heterocycles. The molecule has 0 aromatic heterocycles. The van der Waals surface area contributed by atoms with Gasteiger partial charge in [-0.2, -0.15) is 0 Å². The van der Waals surface area contributed by atoms with Gasteiger partial charge in [-0.3, -0.25) is 9.59 Å². The van der Waals surface area contributed by atoms with Crippen molar-refractivity contribution in [2.75, 3.05) is 14.1 Å². The highest BCUT2D eigenvalue weighted by Crippen LogP contribution is 2.02. The maximum atomic E-state index is 11.9. The highest BCUT2D eigenvalue weighted by molar-refractivity contribution is 5.89. The molecular formula is C14H21N3O2. The molecule has 0 saturated carbocycles. The zero-order chi connectivity index (χ0) is 14.4. The topological polar surface area (TPSA) is 75.4 Å². The predicted molar refractivity (Wildman–Crippen MR) is 74.4 cm³/mol. The zero-order valence-corrected chi connectivity index (χ0v) is 11.6. The van der Waals surface area contributed by atoms with Crippen LogP contribution >= 0.6 is 0 Å². The average Bonchev–Trinajstić information content (AvgIpc) is 2.38. The van der Waals surface area contributed by atoms with Crippen molar-refractivity contribution in [3.8, 4) is 0 Å². The fourth-order valence-electron chi connectivity index (χ4n) is 1.73. The maximum Gasteiger partial charge on any atom is 0.244 e. The summed E-state index contributed by atoms with van der Waals surface area (Å²) in [6.45, 7) is 1.65. The Morgan fingerprint density at radius 3 is 2.37 bits per heavy atom. The third kappa shape index (κ3) is 4.71. The van der Waals surface area contributed by atoms with Crippen LogP contribution in [0.2, 0.25) is 0 Å². The van der Waals surface area contributed by atoms with Gasteiger partial charge in [-0.1, -0.05) is 30.3 Å². The minimum Gasteiger partial charge on any atom is -0.347 e. The van der Waals surface area contributed by atoms with Gasteiger partial charge in [-0.25, -0.2) is 0 Å². The van der Waals surface area contributed by atoms with Gasteiger partial charge in [-0.05, 0) is 18.9 Å². The van der Waals surface area contributed by atoms with E-state index in [2.05, 4.69) is 5.32 Å². The van der Waals surface area contributed by atoms with Crippen molar-refractivity contribution in [1.82, 2.24) is 10.2 Å². The first-order valence-electron chi connectivity index (χ1n) is 6.23. The van der Waals surface area contributed by atoms with Crippen molar-refractivity contribution in [3.63, 3.8) is 0 Å². The highest BCUT2D eigenvalue weighted by Gasteiger charge is 2.21. The van der Waals surface area contributed by atoms with Crippen molar-refractivity contribution in [3.05, 3.63) is 35.9 Å². The second kappa shape index (κ2) is 6.89. The summed E-state index contributed by atoms with van der Waals surface area (Å²) in [5, 5.41) is 2.63. The summed E-state index contributed by atoms with van der Waals surface area (Å²) in [4.78, 5) is 24.9. The molecule has 2 atom stereocenters. The van der Waals surface area contributed by atoms with Gasteiger partial charge in [0.1, 0.15) is 6.04 Å². The van der Waals surface area contributed by atoms with Crippen molar-refractivity contribution in [2.45, 2.75) is 25.4 Å². The van der Waals surface area contributed by atoms with E-state index in [-0.39, 0.29) is 11.8 Å². The summed E-state index contributed by atoms with van der Waals surface area (Å²) in [5.74, 6) is -0.466. The molecule has 19 heavy (non-hydrogen) atoms. The fraction of sp³-hybridized carbons (Fsp3) is 0.429. The minimum absolute atomic E-state index is 0.153. The van der Waals surface area contributed by atoms with E-state index in [0.717, 1.165) is 5.56 Å². The number of carbonyl (C=O) groups excluding carboxylic acids is 2. The van der Waals surface area contributed by atoms with Crippen LogP contribution in [0.15, 0.2) is 30.3 Å². The molecule has 0 fully saturated rings. The number of rotatable bonds is 5. The van der Waals surface area contributed by atoms with Crippen molar-refractivity contribution >= 4 is 11.8 Å². The molecule has 0 aliphatic heterocycles. The van der Waals surface area contributed by atoms with Gasteiger partial charge >= 0.3 is 0 Å². The van der Waals surface area contributed by atoms with E-state index in [1.807, 2.05) is 30.3 Å². The first-order valence-corrected chi connectivity index (χ1v) is 6.23. The van der Waals surface area contributed by atoms with Gasteiger partial charge < -0.3 is 16.0 Å². The van der Waals surface area contributed by atoms with Crippen LogP contribution in [0.3, 0.4) is 0 Å². The van der Waals surface area contributed by atoms with Gasteiger partial charge in [0.2, 0.25) is 11.8 Å². The van der Waals surface area contributed by atoms with E-state index >= 15 is 0 Å². The number of hydrogen-bond acceptors (Lipinski definition) is 3. The van der Waals surface area contributed by atoms with Crippen LogP contribution in [0.4, 0.5) is 0 Å². The summed E-state index contributed by atoms with van der Waals surface area (Å²) in [5.41, 5.74) is 6.83. The van der Waals surface area contributed by atoms with Crippen molar-refractivity contribution < 1.29 is 9.59 Å². The molecule has 104 valence electrons. The van der Waals surface area contributed by atoms with Gasteiger partial charge in [0.05, 0.1) is 6.04 Å². The van der Waals surface area contributed by atoms with E-state index in [9.17, 15) is 9.59 Å². The number of amides is 2. The monoisotopic (exact) mass is 263 g/mol. The molecule has 1 rings (SSSR count). The largest absolute Gasteiger partial charge is 0.347 e. The van der Waals surface area contributed by atoms with Crippen LogP contribution in [0.1, 0.15) is 12.5 Å². The molecule has 0 bridgehead atoms. The number of nitrogens with two attached hydrogens (primary N) is 1. The number of hydrogen-bond donors (Lipinski definition) is 2. The molecular weight excluding hydrogens is 242 g/mol. The van der Waals surface area contributed by atoms with Crippen LogP contribution in [0.5, 0.6) is 0 Å². The van der Waals surface area contributed by atoms with E-state index in [1.54, 1.807) is 21.0 Å². The summed E-state index contributed by atoms with van der Waals surface area (Å²) >= 11 is 0. The third-order valence-corrected chi connectivity index (χ3v) is 2.81. The Morgan fingerprint density at radius 1 is 1.26 bits per heavy atom. The maximum absolute atomic E-state index is 11.9. The number of carbonyl (C=O) groups is 2. The second-order valence-corrected chi connectivity index (χ2v) is 4.76. The molecule has 2 amide bonds. The highest BCUT2D eigenvalue weighted by atomic mass is 16.2. The van der Waals surface area contributed by atoms with Crippen LogP contribution in [-0.4, -0.2) is 42.9 Å². The Bertz CT molecular complexity index is 432. The normalized spacial score (nSPS) is 13.5. The summed E-state index contributed by atoms with van der Waals surface area (Å²) in [6, 6.07) is 8.33. The van der Waals surface area contributed by atoms with Crippen LogP contribution < -0.4 is 11.1 Å². The van der Waals surface area contributed by atoms with Crippen molar-refractivity contribution in [1.29, 1.82) is 0 Å². The smallest absolute Gasteiger partial charge is 0.244 e. The Hall–Kier alpha value is -1.88. The lowest BCUT2D eigenvalue weighted by molar-refractivity contribution is -0.134. The SMILES string of the molecule is CC(NC(=O)[C@H](N)Cc1ccccc1)C(=O)N(C)C. The first kappa shape index (κ1) is 15.2. The Labute approximate surface area is 113 Å². The molecule has 1 aromatic carbocycles. The molecule has 0 spiro atoms. The summed E-state index contributed by atoms with van der Waals surface area (Å²) < 4.78 is 0. The molecule has 1 aromatic rings. The molecule has 0 heterocycles. The molecule has 0 aliphatic carbocycles. The van der Waals surface area contributed by atoms with Gasteiger partial charge in [0.15, 0.2) is 0 Å². The lowest BCUT2D eigenvalue weighted by atomic mass is 10.1. The Kier molecular flexibility index (Phi) is 5.51. The number of nitrogens with one attached hydrogen (secondary N) is 1. The first-order chi connectivity index (χ1) is 8.91. The molecule has 1 unspecified atom stereocenters. The lowest BCUT2D eigenvalue weighted by Gasteiger charge is -2.20. The van der Waals surface area contributed by atoms with Crippen LogP contribution in [0, 0.1) is 0 Å². The molecule has 5 nitrogen and oxygen atoms in total.